The Bertz CT molecular complexity index is 1050. The SMILES string of the molecule is C[C@H](Nc1cc(C2CC2)nn2cnnc12)c1ncc(-c2ccccc2)[nH]1. The van der Waals surface area contributed by atoms with E-state index in [9.17, 15) is 0 Å². The number of anilines is 1. The molecule has 1 aliphatic rings. The van der Waals surface area contributed by atoms with Crippen LogP contribution < -0.4 is 5.32 Å². The van der Waals surface area contributed by atoms with E-state index in [-0.39, 0.29) is 6.04 Å². The monoisotopic (exact) mass is 345 g/mol. The van der Waals surface area contributed by atoms with Crippen LogP contribution in [0.15, 0.2) is 48.9 Å². The first kappa shape index (κ1) is 15.1. The Kier molecular flexibility index (Phi) is 3.44. The van der Waals surface area contributed by atoms with Gasteiger partial charge in [-0.2, -0.15) is 9.61 Å². The molecule has 2 N–H and O–H groups in total. The smallest absolute Gasteiger partial charge is 0.200 e. The van der Waals surface area contributed by atoms with Gasteiger partial charge in [-0.3, -0.25) is 0 Å². The van der Waals surface area contributed by atoms with Crippen molar-refractivity contribution >= 4 is 11.3 Å². The first-order valence-electron chi connectivity index (χ1n) is 8.86. The molecule has 0 unspecified atom stereocenters. The summed E-state index contributed by atoms with van der Waals surface area (Å²) in [5.74, 6) is 1.44. The quantitative estimate of drug-likeness (QED) is 0.578. The number of fused-ring (bicyclic) bond motifs is 1. The van der Waals surface area contributed by atoms with E-state index < -0.39 is 0 Å². The van der Waals surface area contributed by atoms with Gasteiger partial charge in [0.1, 0.15) is 12.2 Å². The number of hydrogen-bond donors (Lipinski definition) is 2. The third-order valence-corrected chi connectivity index (χ3v) is 4.74. The third kappa shape index (κ3) is 2.71. The van der Waals surface area contributed by atoms with Gasteiger partial charge in [0, 0.05) is 5.92 Å². The molecule has 0 saturated heterocycles. The summed E-state index contributed by atoms with van der Waals surface area (Å²) in [6, 6.07) is 12.3. The van der Waals surface area contributed by atoms with Gasteiger partial charge in [0.2, 0.25) is 5.65 Å². The van der Waals surface area contributed by atoms with Crippen LogP contribution in [0.3, 0.4) is 0 Å². The van der Waals surface area contributed by atoms with Crippen molar-refractivity contribution in [3.8, 4) is 11.3 Å². The van der Waals surface area contributed by atoms with Crippen LogP contribution in [0.4, 0.5) is 5.69 Å². The Balaban J connectivity index is 1.44. The summed E-state index contributed by atoms with van der Waals surface area (Å²) in [5.41, 5.74) is 4.89. The second-order valence-electron chi connectivity index (χ2n) is 6.77. The second-order valence-corrected chi connectivity index (χ2v) is 6.77. The number of H-pyrrole nitrogens is 1. The topological polar surface area (TPSA) is 83.8 Å². The standard InChI is InChI=1S/C19H19N7/c1-12(18-20-10-17(23-18)13-5-3-2-4-6-13)22-16-9-15(14-7-8-14)25-26-11-21-24-19(16)26/h2-6,9-12,14,22H,7-8H2,1H3,(H,20,23)/t12-/m0/s1. The minimum Gasteiger partial charge on any atom is -0.372 e. The highest BCUT2D eigenvalue weighted by Crippen LogP contribution is 2.40. The van der Waals surface area contributed by atoms with Gasteiger partial charge in [-0.05, 0) is 31.4 Å². The zero-order valence-corrected chi connectivity index (χ0v) is 14.4. The molecule has 0 aliphatic heterocycles. The van der Waals surface area contributed by atoms with Crippen molar-refractivity contribution in [1.82, 2.24) is 29.8 Å². The molecule has 1 atom stereocenters. The summed E-state index contributed by atoms with van der Waals surface area (Å²) in [5, 5.41) is 16.3. The normalized spacial score (nSPS) is 15.3. The Morgan fingerprint density at radius 3 is 2.88 bits per heavy atom. The number of imidazole rings is 1. The van der Waals surface area contributed by atoms with E-state index in [1.807, 2.05) is 24.4 Å². The fourth-order valence-electron chi connectivity index (χ4n) is 3.15. The van der Waals surface area contributed by atoms with Gasteiger partial charge >= 0.3 is 0 Å². The van der Waals surface area contributed by atoms with E-state index in [2.05, 4.69) is 55.7 Å². The molecular weight excluding hydrogens is 326 g/mol. The summed E-state index contributed by atoms with van der Waals surface area (Å²) >= 11 is 0. The largest absolute Gasteiger partial charge is 0.372 e. The number of rotatable bonds is 5. The number of hydrogen-bond acceptors (Lipinski definition) is 5. The molecule has 3 heterocycles. The molecule has 1 fully saturated rings. The first-order chi connectivity index (χ1) is 12.8. The summed E-state index contributed by atoms with van der Waals surface area (Å²) in [6.45, 7) is 2.08. The number of nitrogens with zero attached hydrogens (tertiary/aromatic N) is 5. The summed E-state index contributed by atoms with van der Waals surface area (Å²) < 4.78 is 1.75. The lowest BCUT2D eigenvalue weighted by atomic mass is 10.2. The van der Waals surface area contributed by atoms with Gasteiger partial charge in [0.25, 0.3) is 0 Å². The molecule has 1 saturated carbocycles. The lowest BCUT2D eigenvalue weighted by Gasteiger charge is -2.14. The van der Waals surface area contributed by atoms with Crippen LogP contribution in [0.25, 0.3) is 16.9 Å². The van der Waals surface area contributed by atoms with Gasteiger partial charge < -0.3 is 10.3 Å². The lowest BCUT2D eigenvalue weighted by molar-refractivity contribution is 0.801. The van der Waals surface area contributed by atoms with E-state index in [0.717, 1.165) is 34.1 Å². The highest BCUT2D eigenvalue weighted by atomic mass is 15.3. The highest BCUT2D eigenvalue weighted by Gasteiger charge is 2.27. The average Bonchev–Trinajstić information content (AvgIpc) is 3.20. The molecular formula is C19H19N7. The molecule has 5 rings (SSSR count). The summed E-state index contributed by atoms with van der Waals surface area (Å²) in [6.07, 6.45) is 5.93. The summed E-state index contributed by atoms with van der Waals surface area (Å²) in [7, 11) is 0. The number of aromatic nitrogens is 6. The maximum absolute atomic E-state index is 4.61. The van der Waals surface area contributed by atoms with Crippen molar-refractivity contribution in [2.45, 2.75) is 31.7 Å². The molecule has 130 valence electrons. The van der Waals surface area contributed by atoms with Crippen molar-refractivity contribution < 1.29 is 0 Å². The van der Waals surface area contributed by atoms with Crippen LogP contribution >= 0.6 is 0 Å². The Morgan fingerprint density at radius 1 is 1.23 bits per heavy atom. The molecule has 0 amide bonds. The fraction of sp³-hybridized carbons (Fsp3) is 0.263. The van der Waals surface area contributed by atoms with Crippen molar-refractivity contribution in [1.29, 1.82) is 0 Å². The maximum atomic E-state index is 4.61. The molecule has 1 aliphatic carbocycles. The maximum Gasteiger partial charge on any atom is 0.200 e. The predicted octanol–water partition coefficient (Wildman–Crippen LogP) is 3.56. The molecule has 0 radical (unpaired) electrons. The van der Waals surface area contributed by atoms with E-state index in [0.29, 0.717) is 5.92 Å². The van der Waals surface area contributed by atoms with Gasteiger partial charge in [-0.15, -0.1) is 10.2 Å². The van der Waals surface area contributed by atoms with Gasteiger partial charge in [-0.1, -0.05) is 30.3 Å². The predicted molar refractivity (Wildman–Crippen MR) is 98.8 cm³/mol. The molecule has 3 aromatic heterocycles. The first-order valence-corrected chi connectivity index (χ1v) is 8.86. The van der Waals surface area contributed by atoms with Crippen LogP contribution in [0, 0.1) is 0 Å². The van der Waals surface area contributed by atoms with Crippen LogP contribution in [0.5, 0.6) is 0 Å². The molecule has 26 heavy (non-hydrogen) atoms. The van der Waals surface area contributed by atoms with Crippen LogP contribution in [0.2, 0.25) is 0 Å². The summed E-state index contributed by atoms with van der Waals surface area (Å²) in [4.78, 5) is 7.96. The minimum atomic E-state index is 0.00224. The number of aromatic amines is 1. The zero-order chi connectivity index (χ0) is 17.5. The van der Waals surface area contributed by atoms with Gasteiger partial charge in [-0.25, -0.2) is 4.98 Å². The molecule has 0 spiro atoms. The zero-order valence-electron chi connectivity index (χ0n) is 14.4. The van der Waals surface area contributed by atoms with Crippen molar-refractivity contribution in [2.24, 2.45) is 0 Å². The van der Waals surface area contributed by atoms with Crippen molar-refractivity contribution in [3.05, 3.63) is 60.4 Å². The van der Waals surface area contributed by atoms with Gasteiger partial charge in [0.05, 0.1) is 29.3 Å². The number of nitrogens with one attached hydrogen (secondary N) is 2. The molecule has 4 aromatic rings. The van der Waals surface area contributed by atoms with Crippen molar-refractivity contribution in [2.75, 3.05) is 5.32 Å². The van der Waals surface area contributed by atoms with Crippen molar-refractivity contribution in [3.63, 3.8) is 0 Å². The lowest BCUT2D eigenvalue weighted by Crippen LogP contribution is -2.11. The van der Waals surface area contributed by atoms with E-state index in [1.165, 1.54) is 12.8 Å². The van der Waals surface area contributed by atoms with E-state index >= 15 is 0 Å². The Hall–Kier alpha value is -3.22. The van der Waals surface area contributed by atoms with Crippen LogP contribution in [-0.2, 0) is 0 Å². The molecule has 0 bridgehead atoms. The molecule has 7 nitrogen and oxygen atoms in total. The van der Waals surface area contributed by atoms with Gasteiger partial charge in [0.15, 0.2) is 0 Å². The second kappa shape index (κ2) is 5.94. The molecule has 7 heteroatoms. The average molecular weight is 345 g/mol. The van der Waals surface area contributed by atoms with E-state index in [4.69, 9.17) is 0 Å². The van der Waals surface area contributed by atoms with E-state index in [1.54, 1.807) is 10.8 Å². The fourth-order valence-corrected chi connectivity index (χ4v) is 3.15. The van der Waals surface area contributed by atoms with Crippen LogP contribution in [0.1, 0.15) is 43.2 Å². The third-order valence-electron chi connectivity index (χ3n) is 4.74. The Morgan fingerprint density at radius 2 is 2.08 bits per heavy atom. The van der Waals surface area contributed by atoms with Crippen LogP contribution in [-0.4, -0.2) is 29.8 Å². The Labute approximate surface area is 150 Å². The minimum absolute atomic E-state index is 0.00224. The molecule has 1 aromatic carbocycles. The highest BCUT2D eigenvalue weighted by molar-refractivity contribution is 5.67. The number of benzene rings is 1.